The Morgan fingerprint density at radius 1 is 0.909 bits per heavy atom. The summed E-state index contributed by atoms with van der Waals surface area (Å²) in [5.74, 6) is 0.0570. The molecule has 1 aromatic carbocycles. The topological polar surface area (TPSA) is 34.1 Å². The Hall–Kier alpha value is -1.96. The lowest BCUT2D eigenvalue weighted by Gasteiger charge is -2.23. The van der Waals surface area contributed by atoms with Crippen LogP contribution in [-0.4, -0.2) is 11.6 Å². The van der Waals surface area contributed by atoms with E-state index in [-0.39, 0.29) is 11.6 Å². The molecular formula is C20H24O2. The molecule has 2 nitrogen and oxygen atoms in total. The standard InChI is InChI=1S/C15H12O2.C5H12/c1-9-6-7-12-13(8-9)15(17)11-5-3-2-4-10(11)14(12)16;1-3-5-4-2/h2-6H,7-8H2,1H3;3-5H2,1-2H3. The van der Waals surface area contributed by atoms with Gasteiger partial charge in [0.05, 0.1) is 0 Å². The fourth-order valence-corrected chi connectivity index (χ4v) is 2.86. The van der Waals surface area contributed by atoms with Crippen LogP contribution >= 0.6 is 0 Å². The number of fused-ring (bicyclic) bond motifs is 1. The van der Waals surface area contributed by atoms with Gasteiger partial charge in [-0.15, -0.1) is 0 Å². The molecule has 0 bridgehead atoms. The van der Waals surface area contributed by atoms with Crippen molar-refractivity contribution in [3.63, 3.8) is 0 Å². The number of hydrogen-bond donors (Lipinski definition) is 0. The van der Waals surface area contributed by atoms with Crippen LogP contribution in [0, 0.1) is 0 Å². The molecule has 0 saturated carbocycles. The largest absolute Gasteiger partial charge is 0.289 e. The predicted molar refractivity (Wildman–Crippen MR) is 90.3 cm³/mol. The smallest absolute Gasteiger partial charge is 0.190 e. The number of ketones is 2. The van der Waals surface area contributed by atoms with Crippen molar-refractivity contribution in [1.29, 1.82) is 0 Å². The van der Waals surface area contributed by atoms with Gasteiger partial charge in [-0.1, -0.05) is 69.0 Å². The van der Waals surface area contributed by atoms with Gasteiger partial charge in [-0.2, -0.15) is 0 Å². The van der Waals surface area contributed by atoms with Gasteiger partial charge in [0.2, 0.25) is 0 Å². The Labute approximate surface area is 132 Å². The maximum Gasteiger partial charge on any atom is 0.190 e. The third kappa shape index (κ3) is 3.27. The van der Waals surface area contributed by atoms with Gasteiger partial charge >= 0.3 is 0 Å². The zero-order valence-corrected chi connectivity index (χ0v) is 13.7. The first kappa shape index (κ1) is 16.4. The van der Waals surface area contributed by atoms with E-state index < -0.39 is 0 Å². The molecule has 0 aliphatic heterocycles. The Kier molecular flexibility index (Phi) is 5.48. The monoisotopic (exact) mass is 296 g/mol. The third-order valence-electron chi connectivity index (χ3n) is 4.15. The highest BCUT2D eigenvalue weighted by atomic mass is 16.1. The number of allylic oxidation sites excluding steroid dienone is 4. The van der Waals surface area contributed by atoms with E-state index in [9.17, 15) is 9.59 Å². The molecule has 0 radical (unpaired) electrons. The number of benzene rings is 1. The van der Waals surface area contributed by atoms with Crippen molar-refractivity contribution in [3.8, 4) is 0 Å². The number of Topliss-reactive ketones (excluding diaryl/α,β-unsaturated/α-hetero) is 2. The van der Waals surface area contributed by atoms with Crippen molar-refractivity contribution in [3.05, 3.63) is 58.2 Å². The van der Waals surface area contributed by atoms with Gasteiger partial charge in [0.15, 0.2) is 11.6 Å². The second-order valence-electron chi connectivity index (χ2n) is 5.95. The van der Waals surface area contributed by atoms with Crippen molar-refractivity contribution in [2.75, 3.05) is 0 Å². The minimum absolute atomic E-state index is 0.0268. The number of rotatable bonds is 2. The first-order valence-electron chi connectivity index (χ1n) is 8.16. The van der Waals surface area contributed by atoms with Crippen LogP contribution in [-0.2, 0) is 0 Å². The molecule has 3 rings (SSSR count). The van der Waals surface area contributed by atoms with E-state index >= 15 is 0 Å². The number of carbonyl (C=O) groups excluding carboxylic acids is 2. The molecule has 0 fully saturated rings. The van der Waals surface area contributed by atoms with E-state index in [0.29, 0.717) is 35.1 Å². The minimum Gasteiger partial charge on any atom is -0.289 e. The summed E-state index contributed by atoms with van der Waals surface area (Å²) in [4.78, 5) is 24.6. The lowest BCUT2D eigenvalue weighted by Crippen LogP contribution is -2.23. The summed E-state index contributed by atoms with van der Waals surface area (Å²) in [6.07, 6.45) is 7.33. The predicted octanol–water partition coefficient (Wildman–Crippen LogP) is 5.30. The Morgan fingerprint density at radius 3 is 1.95 bits per heavy atom. The third-order valence-corrected chi connectivity index (χ3v) is 4.15. The van der Waals surface area contributed by atoms with Gasteiger partial charge < -0.3 is 0 Å². The number of carbonyl (C=O) groups is 2. The van der Waals surface area contributed by atoms with Crippen molar-refractivity contribution in [1.82, 2.24) is 0 Å². The second kappa shape index (κ2) is 7.35. The minimum atomic E-state index is 0.0268. The van der Waals surface area contributed by atoms with E-state index in [1.54, 1.807) is 24.3 Å². The summed E-state index contributed by atoms with van der Waals surface area (Å²) in [6.45, 7) is 6.43. The van der Waals surface area contributed by atoms with E-state index in [1.807, 2.05) is 13.0 Å². The van der Waals surface area contributed by atoms with Crippen LogP contribution in [0.3, 0.4) is 0 Å². The lowest BCUT2D eigenvalue weighted by atomic mass is 9.78. The van der Waals surface area contributed by atoms with Crippen molar-refractivity contribution in [2.45, 2.75) is 52.9 Å². The summed E-state index contributed by atoms with van der Waals surface area (Å²) in [6, 6.07) is 7.10. The molecule has 0 unspecified atom stereocenters. The SMILES string of the molecule is CC1=CCC2=C(C1)C(=O)c1ccccc1C2=O.CCCCC. The molecule has 1 aromatic rings. The second-order valence-corrected chi connectivity index (χ2v) is 5.95. The van der Waals surface area contributed by atoms with Crippen molar-refractivity contribution < 1.29 is 9.59 Å². The van der Waals surface area contributed by atoms with Crippen LogP contribution in [0.25, 0.3) is 0 Å². The van der Waals surface area contributed by atoms with Gasteiger partial charge in [-0.3, -0.25) is 9.59 Å². The zero-order chi connectivity index (χ0) is 16.1. The molecule has 0 N–H and O–H groups in total. The normalized spacial score (nSPS) is 16.4. The van der Waals surface area contributed by atoms with Gasteiger partial charge in [0.1, 0.15) is 0 Å². The van der Waals surface area contributed by atoms with E-state index in [0.717, 1.165) is 0 Å². The Morgan fingerprint density at radius 2 is 1.45 bits per heavy atom. The van der Waals surface area contributed by atoms with Crippen LogP contribution in [0.1, 0.15) is 73.6 Å². The zero-order valence-electron chi connectivity index (χ0n) is 13.7. The highest BCUT2D eigenvalue weighted by Crippen LogP contribution is 2.34. The molecule has 22 heavy (non-hydrogen) atoms. The number of hydrogen-bond acceptors (Lipinski definition) is 2. The summed E-state index contributed by atoms with van der Waals surface area (Å²) in [5, 5.41) is 0. The highest BCUT2D eigenvalue weighted by molar-refractivity contribution is 6.27. The molecule has 116 valence electrons. The highest BCUT2D eigenvalue weighted by Gasteiger charge is 2.32. The molecule has 0 saturated heterocycles. The molecule has 0 heterocycles. The quantitative estimate of drug-likeness (QED) is 0.694. The Balaban J connectivity index is 0.000000309. The van der Waals surface area contributed by atoms with Gasteiger partial charge in [0, 0.05) is 22.3 Å². The van der Waals surface area contributed by atoms with Crippen LogP contribution in [0.4, 0.5) is 0 Å². The first-order valence-corrected chi connectivity index (χ1v) is 8.16. The molecule has 0 amide bonds. The van der Waals surface area contributed by atoms with Crippen molar-refractivity contribution in [2.24, 2.45) is 0 Å². The molecule has 2 aliphatic rings. The Bertz CT molecular complexity index is 645. The van der Waals surface area contributed by atoms with Crippen LogP contribution in [0.2, 0.25) is 0 Å². The van der Waals surface area contributed by atoms with Crippen LogP contribution in [0.5, 0.6) is 0 Å². The summed E-state index contributed by atoms with van der Waals surface area (Å²) >= 11 is 0. The molecule has 2 aliphatic carbocycles. The number of unbranched alkanes of at least 4 members (excludes halogenated alkanes) is 2. The molecule has 0 atom stereocenters. The molecule has 2 heteroatoms. The fraction of sp³-hybridized carbons (Fsp3) is 0.400. The van der Waals surface area contributed by atoms with Gasteiger partial charge in [-0.05, 0) is 19.8 Å². The van der Waals surface area contributed by atoms with E-state index in [2.05, 4.69) is 13.8 Å². The molecule has 0 spiro atoms. The summed E-state index contributed by atoms with van der Waals surface area (Å²) < 4.78 is 0. The fourth-order valence-electron chi connectivity index (χ4n) is 2.86. The van der Waals surface area contributed by atoms with Crippen molar-refractivity contribution >= 4 is 11.6 Å². The molecular weight excluding hydrogens is 272 g/mol. The van der Waals surface area contributed by atoms with E-state index in [1.165, 1.54) is 24.8 Å². The average Bonchev–Trinajstić information content (AvgIpc) is 2.54. The maximum atomic E-state index is 12.3. The van der Waals surface area contributed by atoms with Crippen LogP contribution < -0.4 is 0 Å². The average molecular weight is 296 g/mol. The summed E-state index contributed by atoms with van der Waals surface area (Å²) in [5.41, 5.74) is 3.69. The van der Waals surface area contributed by atoms with Gasteiger partial charge in [0.25, 0.3) is 0 Å². The lowest BCUT2D eigenvalue weighted by molar-refractivity contribution is 0.0970. The molecule has 0 aromatic heterocycles. The van der Waals surface area contributed by atoms with Gasteiger partial charge in [-0.25, -0.2) is 0 Å². The van der Waals surface area contributed by atoms with Crippen LogP contribution in [0.15, 0.2) is 47.1 Å². The van der Waals surface area contributed by atoms with E-state index in [4.69, 9.17) is 0 Å². The summed E-state index contributed by atoms with van der Waals surface area (Å²) in [7, 11) is 0. The maximum absolute atomic E-state index is 12.3. The first-order chi connectivity index (χ1) is 10.6.